The third-order valence-corrected chi connectivity index (χ3v) is 3.21. The number of hydrogen-bond acceptors (Lipinski definition) is 2. The highest BCUT2D eigenvalue weighted by Gasteiger charge is 2.21. The van der Waals surface area contributed by atoms with Crippen molar-refractivity contribution in [3.8, 4) is 0 Å². The zero-order chi connectivity index (χ0) is 11.1. The molecule has 0 aromatic rings. The zero-order valence-electron chi connectivity index (χ0n) is 10.1. The number of carbonyl (C=O) groups excluding carboxylic acids is 1. The average molecular weight is 212 g/mol. The van der Waals surface area contributed by atoms with Gasteiger partial charge < -0.3 is 10.2 Å². The summed E-state index contributed by atoms with van der Waals surface area (Å²) in [6, 6.07) is 0. The van der Waals surface area contributed by atoms with E-state index in [-0.39, 0.29) is 5.92 Å². The summed E-state index contributed by atoms with van der Waals surface area (Å²) in [5.74, 6) is 0.624. The van der Waals surface area contributed by atoms with Crippen molar-refractivity contribution in [3.05, 3.63) is 0 Å². The summed E-state index contributed by atoms with van der Waals surface area (Å²) in [5.41, 5.74) is 0. The van der Waals surface area contributed by atoms with Crippen LogP contribution in [0.2, 0.25) is 0 Å². The lowest BCUT2D eigenvalue weighted by atomic mass is 10.0. The van der Waals surface area contributed by atoms with E-state index in [4.69, 9.17) is 0 Å². The normalized spacial score (nSPS) is 18.7. The van der Waals surface area contributed by atoms with Crippen molar-refractivity contribution in [2.45, 2.75) is 39.5 Å². The number of amides is 1. The van der Waals surface area contributed by atoms with E-state index in [9.17, 15) is 4.79 Å². The lowest BCUT2D eigenvalue weighted by Gasteiger charge is -2.28. The molecule has 0 unspecified atom stereocenters. The SMILES string of the molecule is CCC(CC)C(=O)N1CCCNCCC1. The van der Waals surface area contributed by atoms with Crippen molar-refractivity contribution in [1.82, 2.24) is 10.2 Å². The zero-order valence-corrected chi connectivity index (χ0v) is 10.1. The van der Waals surface area contributed by atoms with E-state index in [2.05, 4.69) is 24.1 Å². The minimum Gasteiger partial charge on any atom is -0.342 e. The van der Waals surface area contributed by atoms with Crippen LogP contribution in [0.15, 0.2) is 0 Å². The van der Waals surface area contributed by atoms with Crippen molar-refractivity contribution >= 4 is 5.91 Å². The first-order valence-electron chi connectivity index (χ1n) is 6.29. The van der Waals surface area contributed by atoms with Crippen molar-refractivity contribution in [1.29, 1.82) is 0 Å². The quantitative estimate of drug-likeness (QED) is 0.771. The van der Waals surface area contributed by atoms with Gasteiger partial charge in [-0.05, 0) is 38.8 Å². The van der Waals surface area contributed by atoms with Gasteiger partial charge in [-0.3, -0.25) is 4.79 Å². The van der Waals surface area contributed by atoms with Gasteiger partial charge in [0.1, 0.15) is 0 Å². The molecule has 0 aromatic carbocycles. The van der Waals surface area contributed by atoms with Crippen LogP contribution in [0.5, 0.6) is 0 Å². The van der Waals surface area contributed by atoms with E-state index in [0.29, 0.717) is 5.91 Å². The summed E-state index contributed by atoms with van der Waals surface area (Å²) < 4.78 is 0. The summed E-state index contributed by atoms with van der Waals surface area (Å²) in [6.07, 6.45) is 4.13. The molecular weight excluding hydrogens is 188 g/mol. The second kappa shape index (κ2) is 6.83. The Hall–Kier alpha value is -0.570. The van der Waals surface area contributed by atoms with E-state index < -0.39 is 0 Å². The molecule has 1 saturated heterocycles. The maximum atomic E-state index is 12.1. The standard InChI is InChI=1S/C12H24N2O/c1-3-11(4-2)12(15)14-9-5-7-13-8-6-10-14/h11,13H,3-10H2,1-2H3. The van der Waals surface area contributed by atoms with E-state index >= 15 is 0 Å². The molecule has 0 saturated carbocycles. The summed E-state index contributed by atoms with van der Waals surface area (Å²) in [6.45, 7) is 8.18. The molecule has 1 aliphatic heterocycles. The van der Waals surface area contributed by atoms with Gasteiger partial charge in [0.05, 0.1) is 0 Å². The van der Waals surface area contributed by atoms with Crippen molar-refractivity contribution in [2.24, 2.45) is 5.92 Å². The maximum absolute atomic E-state index is 12.1. The molecule has 1 amide bonds. The first kappa shape index (κ1) is 12.5. The van der Waals surface area contributed by atoms with E-state index in [0.717, 1.165) is 51.9 Å². The molecule has 0 aliphatic carbocycles. The van der Waals surface area contributed by atoms with E-state index in [1.54, 1.807) is 0 Å². The second-order valence-electron chi connectivity index (χ2n) is 4.30. The van der Waals surface area contributed by atoms with Crippen LogP contribution in [0, 0.1) is 5.92 Å². The molecule has 0 atom stereocenters. The monoisotopic (exact) mass is 212 g/mol. The van der Waals surface area contributed by atoms with Crippen LogP contribution in [0.1, 0.15) is 39.5 Å². The summed E-state index contributed by atoms with van der Waals surface area (Å²) >= 11 is 0. The molecule has 1 fully saturated rings. The Morgan fingerprint density at radius 3 is 2.20 bits per heavy atom. The Morgan fingerprint density at radius 2 is 1.73 bits per heavy atom. The number of nitrogens with zero attached hydrogens (tertiary/aromatic N) is 1. The predicted molar refractivity (Wildman–Crippen MR) is 62.8 cm³/mol. The van der Waals surface area contributed by atoms with Crippen molar-refractivity contribution in [3.63, 3.8) is 0 Å². The Bertz CT molecular complexity index is 182. The van der Waals surface area contributed by atoms with Gasteiger partial charge in [0.2, 0.25) is 5.91 Å². The first-order chi connectivity index (χ1) is 7.29. The summed E-state index contributed by atoms with van der Waals surface area (Å²) in [4.78, 5) is 14.2. The minimum absolute atomic E-state index is 0.248. The minimum atomic E-state index is 0.248. The number of hydrogen-bond donors (Lipinski definition) is 1. The van der Waals surface area contributed by atoms with Gasteiger partial charge >= 0.3 is 0 Å². The third kappa shape index (κ3) is 3.82. The van der Waals surface area contributed by atoms with Gasteiger partial charge in [-0.15, -0.1) is 0 Å². The number of carbonyl (C=O) groups is 1. The van der Waals surface area contributed by atoms with Crippen LogP contribution in [0.4, 0.5) is 0 Å². The molecule has 1 heterocycles. The Balaban J connectivity index is 2.47. The molecule has 3 nitrogen and oxygen atoms in total. The first-order valence-corrected chi connectivity index (χ1v) is 6.29. The molecule has 1 aliphatic rings. The van der Waals surface area contributed by atoms with E-state index in [1.807, 2.05) is 0 Å². The van der Waals surface area contributed by atoms with Gasteiger partial charge in [-0.2, -0.15) is 0 Å². The molecule has 15 heavy (non-hydrogen) atoms. The molecule has 1 N–H and O–H groups in total. The summed E-state index contributed by atoms with van der Waals surface area (Å²) in [5, 5.41) is 3.37. The highest BCUT2D eigenvalue weighted by molar-refractivity contribution is 5.78. The molecule has 0 spiro atoms. The molecule has 0 bridgehead atoms. The van der Waals surface area contributed by atoms with Crippen LogP contribution in [0.25, 0.3) is 0 Å². The topological polar surface area (TPSA) is 32.3 Å². The van der Waals surface area contributed by atoms with Gasteiger partial charge in [0.15, 0.2) is 0 Å². The lowest BCUT2D eigenvalue weighted by molar-refractivity contribution is -0.136. The van der Waals surface area contributed by atoms with Gasteiger partial charge in [-0.25, -0.2) is 0 Å². The Kier molecular flexibility index (Phi) is 5.69. The number of rotatable bonds is 3. The molecule has 0 radical (unpaired) electrons. The smallest absolute Gasteiger partial charge is 0.225 e. The summed E-state index contributed by atoms with van der Waals surface area (Å²) in [7, 11) is 0. The lowest BCUT2D eigenvalue weighted by Crippen LogP contribution is -2.41. The fourth-order valence-corrected chi connectivity index (χ4v) is 2.14. The highest BCUT2D eigenvalue weighted by atomic mass is 16.2. The molecule has 88 valence electrons. The molecule has 3 heteroatoms. The fourth-order valence-electron chi connectivity index (χ4n) is 2.14. The van der Waals surface area contributed by atoms with Crippen molar-refractivity contribution in [2.75, 3.05) is 26.2 Å². The fraction of sp³-hybridized carbons (Fsp3) is 0.917. The largest absolute Gasteiger partial charge is 0.342 e. The van der Waals surface area contributed by atoms with E-state index in [1.165, 1.54) is 0 Å². The predicted octanol–water partition coefficient (Wildman–Crippen LogP) is 1.63. The van der Waals surface area contributed by atoms with Crippen LogP contribution in [0.3, 0.4) is 0 Å². The highest BCUT2D eigenvalue weighted by Crippen LogP contribution is 2.13. The second-order valence-corrected chi connectivity index (χ2v) is 4.30. The third-order valence-electron chi connectivity index (χ3n) is 3.21. The van der Waals surface area contributed by atoms with Gasteiger partial charge in [-0.1, -0.05) is 13.8 Å². The van der Waals surface area contributed by atoms with Gasteiger partial charge in [0.25, 0.3) is 0 Å². The average Bonchev–Trinajstić information content (AvgIpc) is 2.18. The Morgan fingerprint density at radius 1 is 1.20 bits per heavy atom. The van der Waals surface area contributed by atoms with Crippen LogP contribution >= 0.6 is 0 Å². The van der Waals surface area contributed by atoms with Crippen LogP contribution < -0.4 is 5.32 Å². The number of nitrogens with one attached hydrogen (secondary N) is 1. The van der Waals surface area contributed by atoms with Crippen LogP contribution in [-0.2, 0) is 4.79 Å². The maximum Gasteiger partial charge on any atom is 0.225 e. The molecule has 1 rings (SSSR count). The van der Waals surface area contributed by atoms with Gasteiger partial charge in [0, 0.05) is 19.0 Å². The molecular formula is C12H24N2O. The Labute approximate surface area is 93.2 Å². The molecule has 0 aromatic heterocycles. The van der Waals surface area contributed by atoms with Crippen molar-refractivity contribution < 1.29 is 4.79 Å². The van der Waals surface area contributed by atoms with Crippen LogP contribution in [-0.4, -0.2) is 37.0 Å².